The van der Waals surface area contributed by atoms with Crippen LogP contribution in [0.4, 0.5) is 4.79 Å². The zero-order chi connectivity index (χ0) is 19.5. The van der Waals surface area contributed by atoms with Crippen LogP contribution < -0.4 is 5.73 Å². The Morgan fingerprint density at radius 1 is 1.18 bits per heavy atom. The summed E-state index contributed by atoms with van der Waals surface area (Å²) in [7, 11) is 0. The number of carbonyl (C=O) groups is 2. The highest BCUT2D eigenvalue weighted by molar-refractivity contribution is 5.81. The zero-order valence-corrected chi connectivity index (χ0v) is 16.3. The number of nitrogens with zero attached hydrogens (tertiary/aromatic N) is 3. The molecule has 28 heavy (non-hydrogen) atoms. The lowest BCUT2D eigenvalue weighted by Crippen LogP contribution is -2.59. The Kier molecular flexibility index (Phi) is 4.10. The van der Waals surface area contributed by atoms with E-state index in [1.165, 1.54) is 0 Å². The van der Waals surface area contributed by atoms with Crippen LogP contribution in [0.15, 0.2) is 12.1 Å². The van der Waals surface area contributed by atoms with Crippen LogP contribution in [-0.4, -0.2) is 46.3 Å². The Morgan fingerprint density at radius 3 is 2.57 bits per heavy atom. The van der Waals surface area contributed by atoms with Crippen molar-refractivity contribution in [3.8, 4) is 0 Å². The molecule has 6 atom stereocenters. The maximum atomic E-state index is 12.9. The van der Waals surface area contributed by atoms with E-state index in [9.17, 15) is 9.59 Å². The predicted molar refractivity (Wildman–Crippen MR) is 101 cm³/mol. The van der Waals surface area contributed by atoms with Crippen molar-refractivity contribution in [1.82, 2.24) is 15.1 Å². The maximum absolute atomic E-state index is 12.9. The first kappa shape index (κ1) is 17.9. The van der Waals surface area contributed by atoms with Crippen LogP contribution in [0.3, 0.4) is 0 Å². The van der Waals surface area contributed by atoms with E-state index in [1.807, 2.05) is 19.1 Å². The quantitative estimate of drug-likeness (QED) is 0.863. The normalized spacial score (nSPS) is 38.6. The molecule has 150 valence electrons. The Balaban J connectivity index is 1.23. The lowest BCUT2D eigenvalue weighted by molar-refractivity contribution is -0.161. The molecule has 6 rings (SSSR count). The Labute approximate surface area is 165 Å². The van der Waals surface area contributed by atoms with E-state index in [-0.39, 0.29) is 41.3 Å². The number of ether oxygens (including phenoxy) is 1. The summed E-state index contributed by atoms with van der Waals surface area (Å²) in [6.45, 7) is 3.24. The monoisotopic (exact) mass is 384 g/mol. The summed E-state index contributed by atoms with van der Waals surface area (Å²) in [5, 5.41) is 8.42. The number of nitrogens with two attached hydrogens (primary N) is 1. The molecule has 7 nitrogen and oxygen atoms in total. The summed E-state index contributed by atoms with van der Waals surface area (Å²) in [5.41, 5.74) is 7.25. The summed E-state index contributed by atoms with van der Waals surface area (Å²) in [4.78, 5) is 26.7. The third-order valence-electron chi connectivity index (χ3n) is 7.63. The van der Waals surface area contributed by atoms with Gasteiger partial charge in [0, 0.05) is 19.0 Å². The van der Waals surface area contributed by atoms with E-state index in [4.69, 9.17) is 10.5 Å². The number of primary amides is 1. The van der Waals surface area contributed by atoms with Gasteiger partial charge in [-0.05, 0) is 75.3 Å². The summed E-state index contributed by atoms with van der Waals surface area (Å²) in [6, 6.07) is 3.97. The van der Waals surface area contributed by atoms with Gasteiger partial charge >= 0.3 is 6.09 Å². The minimum Gasteiger partial charge on any atom is -0.446 e. The van der Waals surface area contributed by atoms with Crippen molar-refractivity contribution in [2.24, 2.45) is 28.9 Å². The van der Waals surface area contributed by atoms with Crippen molar-refractivity contribution in [2.75, 3.05) is 13.1 Å². The van der Waals surface area contributed by atoms with Crippen LogP contribution in [-0.2, 0) is 9.53 Å². The topological polar surface area (TPSA) is 98.4 Å². The average Bonchev–Trinajstić information content (AvgIpc) is 3.15. The van der Waals surface area contributed by atoms with Crippen LogP contribution in [0.5, 0.6) is 0 Å². The van der Waals surface area contributed by atoms with Gasteiger partial charge in [-0.25, -0.2) is 4.79 Å². The largest absolute Gasteiger partial charge is 0.446 e. The van der Waals surface area contributed by atoms with Crippen molar-refractivity contribution in [3.05, 3.63) is 23.5 Å². The first-order chi connectivity index (χ1) is 13.4. The van der Waals surface area contributed by atoms with E-state index in [0.717, 1.165) is 49.9 Å². The van der Waals surface area contributed by atoms with Gasteiger partial charge in [-0.2, -0.15) is 10.2 Å². The van der Waals surface area contributed by atoms with Gasteiger partial charge in [0.1, 0.15) is 6.10 Å². The Hall–Kier alpha value is -2.18. The molecule has 4 aliphatic carbocycles. The molecule has 2 heterocycles. The molecule has 1 aromatic rings. The van der Waals surface area contributed by atoms with Crippen molar-refractivity contribution in [1.29, 1.82) is 0 Å². The molecule has 1 aromatic heterocycles. The average molecular weight is 384 g/mol. The van der Waals surface area contributed by atoms with Gasteiger partial charge < -0.3 is 15.4 Å². The molecular weight excluding hydrogens is 356 g/mol. The zero-order valence-electron chi connectivity index (χ0n) is 16.3. The summed E-state index contributed by atoms with van der Waals surface area (Å²) in [6.07, 6.45) is 5.24. The first-order valence-electron chi connectivity index (χ1n) is 10.5. The molecule has 2 amide bonds. The second-order valence-electron chi connectivity index (χ2n) is 9.49. The van der Waals surface area contributed by atoms with E-state index in [2.05, 4.69) is 10.2 Å². The molecular formula is C21H28N4O3. The minimum atomic E-state index is -0.345. The highest BCUT2D eigenvalue weighted by Gasteiger charge is 2.59. The van der Waals surface area contributed by atoms with E-state index < -0.39 is 0 Å². The number of aryl methyl sites for hydroxylation is 1. The fourth-order valence-electron chi connectivity index (χ4n) is 6.46. The van der Waals surface area contributed by atoms with Crippen molar-refractivity contribution in [2.45, 2.75) is 57.5 Å². The molecule has 0 aromatic carbocycles. The third kappa shape index (κ3) is 2.86. The lowest BCUT2D eigenvalue weighted by Gasteiger charge is -2.58. The number of carbonyl (C=O) groups excluding carboxylic acids is 2. The van der Waals surface area contributed by atoms with Crippen molar-refractivity contribution in [3.63, 3.8) is 0 Å². The highest BCUT2D eigenvalue weighted by Crippen LogP contribution is 2.60. The van der Waals surface area contributed by atoms with Gasteiger partial charge in [-0.3, -0.25) is 4.79 Å². The van der Waals surface area contributed by atoms with Gasteiger partial charge in [0.05, 0.1) is 16.8 Å². The Morgan fingerprint density at radius 2 is 1.93 bits per heavy atom. The van der Waals surface area contributed by atoms with Gasteiger partial charge in [0.15, 0.2) is 0 Å². The maximum Gasteiger partial charge on any atom is 0.410 e. The van der Waals surface area contributed by atoms with Gasteiger partial charge in [-0.15, -0.1) is 0 Å². The number of amides is 2. The number of hydrogen-bond acceptors (Lipinski definition) is 5. The number of likely N-dealkylation sites (tertiary alicyclic amines) is 1. The molecule has 2 N–H and O–H groups in total. The fourth-order valence-corrected chi connectivity index (χ4v) is 6.46. The first-order valence-corrected chi connectivity index (χ1v) is 10.5. The van der Waals surface area contributed by atoms with Gasteiger partial charge in [-0.1, -0.05) is 0 Å². The second-order valence-corrected chi connectivity index (χ2v) is 9.49. The van der Waals surface area contributed by atoms with Gasteiger partial charge in [0.2, 0.25) is 5.91 Å². The summed E-state index contributed by atoms with van der Waals surface area (Å²) < 4.78 is 6.04. The molecule has 5 unspecified atom stereocenters. The van der Waals surface area contributed by atoms with Crippen LogP contribution in [0.1, 0.15) is 55.8 Å². The summed E-state index contributed by atoms with van der Waals surface area (Å²) in [5.74, 6) is 1.19. The number of rotatable bonds is 3. The Bertz CT molecular complexity index is 779. The second kappa shape index (κ2) is 6.42. The van der Waals surface area contributed by atoms with Crippen LogP contribution >= 0.6 is 0 Å². The van der Waals surface area contributed by atoms with E-state index in [0.29, 0.717) is 19.0 Å². The SMILES string of the molecule is Cc1ccc(C2CCN(C(=O)OC3C4CC5C[C@H]3CC(C(N)=O)(C5)C4)C2)nn1. The standard InChI is InChI=1S/C21H28N4O3/c1-12-2-3-17(24-23-12)14-4-5-25(11-14)20(27)28-18-15-6-13-7-16(18)10-21(8-13,9-15)19(22)26/h2-3,13-16,18H,4-11H2,1H3,(H2,22,26)/t13?,14?,15-,16?,18?,21?/m0/s1. The highest BCUT2D eigenvalue weighted by atomic mass is 16.6. The lowest BCUT2D eigenvalue weighted by atomic mass is 9.48. The molecule has 7 heteroatoms. The fraction of sp³-hybridized carbons (Fsp3) is 0.714. The molecule has 5 fully saturated rings. The van der Waals surface area contributed by atoms with Crippen LogP contribution in [0.25, 0.3) is 0 Å². The van der Waals surface area contributed by atoms with E-state index in [1.54, 1.807) is 4.90 Å². The van der Waals surface area contributed by atoms with E-state index >= 15 is 0 Å². The van der Waals surface area contributed by atoms with Crippen molar-refractivity contribution >= 4 is 12.0 Å². The van der Waals surface area contributed by atoms with Crippen molar-refractivity contribution < 1.29 is 14.3 Å². The number of hydrogen-bond donors (Lipinski definition) is 1. The molecule has 4 bridgehead atoms. The molecule has 0 spiro atoms. The summed E-state index contributed by atoms with van der Waals surface area (Å²) >= 11 is 0. The third-order valence-corrected chi connectivity index (χ3v) is 7.63. The number of aromatic nitrogens is 2. The smallest absolute Gasteiger partial charge is 0.410 e. The predicted octanol–water partition coefficient (Wildman–Crippen LogP) is 2.39. The van der Waals surface area contributed by atoms with Crippen LogP contribution in [0.2, 0.25) is 0 Å². The van der Waals surface area contributed by atoms with Gasteiger partial charge in [0.25, 0.3) is 0 Å². The molecule has 0 radical (unpaired) electrons. The van der Waals surface area contributed by atoms with Crippen LogP contribution in [0, 0.1) is 30.1 Å². The minimum absolute atomic E-state index is 0.0604. The molecule has 1 saturated heterocycles. The molecule has 4 saturated carbocycles. The molecule has 5 aliphatic rings. The molecule has 1 aliphatic heterocycles.